The van der Waals surface area contributed by atoms with Crippen molar-refractivity contribution in [2.24, 2.45) is 5.92 Å². The van der Waals surface area contributed by atoms with Crippen LogP contribution in [0.4, 0.5) is 0 Å². The van der Waals surface area contributed by atoms with E-state index in [0.717, 1.165) is 24.8 Å². The Morgan fingerprint density at radius 2 is 1.77 bits per heavy atom. The molecule has 1 aromatic carbocycles. The lowest BCUT2D eigenvalue weighted by Crippen LogP contribution is -2.24. The summed E-state index contributed by atoms with van der Waals surface area (Å²) in [5, 5.41) is 10.0. The van der Waals surface area contributed by atoms with Crippen LogP contribution >= 0.6 is 0 Å². The van der Waals surface area contributed by atoms with E-state index in [0.29, 0.717) is 6.42 Å². The summed E-state index contributed by atoms with van der Waals surface area (Å²) in [5.41, 5.74) is 0.995. The van der Waals surface area contributed by atoms with Gasteiger partial charge in [-0.25, -0.2) is 0 Å². The third-order valence-corrected chi connectivity index (χ3v) is 5.10. The van der Waals surface area contributed by atoms with E-state index in [2.05, 4.69) is 6.92 Å². The third-order valence-electron chi connectivity index (χ3n) is 3.81. The van der Waals surface area contributed by atoms with Crippen molar-refractivity contribution in [1.82, 2.24) is 0 Å². The summed E-state index contributed by atoms with van der Waals surface area (Å²) < 4.78 is 29.2. The molecule has 0 heterocycles. The number of hydrogen-bond donors (Lipinski definition) is 1. The third kappa shape index (κ3) is 6.46. The van der Waals surface area contributed by atoms with Gasteiger partial charge in [0.1, 0.15) is 0 Å². The van der Waals surface area contributed by atoms with Crippen molar-refractivity contribution < 1.29 is 17.7 Å². The zero-order chi connectivity index (χ0) is 16.6. The first kappa shape index (κ1) is 19.1. The van der Waals surface area contributed by atoms with Crippen LogP contribution in [0.5, 0.6) is 0 Å². The predicted octanol–water partition coefficient (Wildman–Crippen LogP) is 3.67. The first-order chi connectivity index (χ1) is 10.4. The summed E-state index contributed by atoms with van der Waals surface area (Å²) in [6.45, 7) is 5.86. The number of hydrogen-bond acceptors (Lipinski definition) is 4. The van der Waals surface area contributed by atoms with E-state index in [-0.39, 0.29) is 17.4 Å². The summed E-state index contributed by atoms with van der Waals surface area (Å²) in [6, 6.07) is 6.55. The van der Waals surface area contributed by atoms with E-state index in [1.54, 1.807) is 12.1 Å². The molecule has 0 spiro atoms. The van der Waals surface area contributed by atoms with Crippen LogP contribution in [0.15, 0.2) is 29.2 Å². The number of unbranched alkanes of at least 4 members (excludes halogenated alkanes) is 3. The van der Waals surface area contributed by atoms with Crippen molar-refractivity contribution in [2.75, 3.05) is 6.61 Å². The molecule has 2 atom stereocenters. The van der Waals surface area contributed by atoms with E-state index in [1.807, 2.05) is 13.8 Å². The minimum atomic E-state index is -3.75. The van der Waals surface area contributed by atoms with Gasteiger partial charge in [-0.3, -0.25) is 4.18 Å². The second kappa shape index (κ2) is 9.28. The largest absolute Gasteiger partial charge is 0.393 e. The number of aliphatic hydroxyl groups is 1. The number of aliphatic hydroxyl groups excluding tert-OH is 1. The molecule has 1 aromatic rings. The maximum absolute atomic E-state index is 12.1. The van der Waals surface area contributed by atoms with Gasteiger partial charge < -0.3 is 5.11 Å². The molecule has 1 rings (SSSR count). The van der Waals surface area contributed by atoms with E-state index >= 15 is 0 Å². The minimum Gasteiger partial charge on any atom is -0.393 e. The van der Waals surface area contributed by atoms with Crippen molar-refractivity contribution in [1.29, 1.82) is 0 Å². The fourth-order valence-corrected chi connectivity index (χ4v) is 3.15. The van der Waals surface area contributed by atoms with Crippen molar-refractivity contribution >= 4 is 10.1 Å². The first-order valence-corrected chi connectivity index (χ1v) is 9.41. The molecule has 5 heteroatoms. The first-order valence-electron chi connectivity index (χ1n) is 8.01. The molecule has 0 saturated carbocycles. The Labute approximate surface area is 134 Å². The Hall–Kier alpha value is -0.910. The van der Waals surface area contributed by atoms with Crippen molar-refractivity contribution in [2.45, 2.75) is 63.9 Å². The number of aryl methyl sites for hydroxylation is 1. The lowest BCUT2D eigenvalue weighted by atomic mass is 10.00. The SMILES string of the molecule is CCCCCC[C@@H](O)[C@H](C)COS(=O)(=O)c1ccc(C)cc1. The highest BCUT2D eigenvalue weighted by Crippen LogP contribution is 2.17. The smallest absolute Gasteiger partial charge is 0.296 e. The Balaban J connectivity index is 2.44. The van der Waals surface area contributed by atoms with E-state index in [4.69, 9.17) is 4.18 Å². The lowest BCUT2D eigenvalue weighted by Gasteiger charge is -2.18. The van der Waals surface area contributed by atoms with Gasteiger partial charge in [0.15, 0.2) is 0 Å². The molecule has 0 radical (unpaired) electrons. The molecule has 22 heavy (non-hydrogen) atoms. The minimum absolute atomic E-state index is 0.00511. The van der Waals surface area contributed by atoms with Crippen molar-refractivity contribution in [3.05, 3.63) is 29.8 Å². The molecular formula is C17H28O4S. The van der Waals surface area contributed by atoms with Crippen molar-refractivity contribution in [3.8, 4) is 0 Å². The molecule has 0 fully saturated rings. The summed E-state index contributed by atoms with van der Waals surface area (Å²) in [5.74, 6) is -0.207. The van der Waals surface area contributed by atoms with Gasteiger partial charge in [0.05, 0.1) is 17.6 Å². The topological polar surface area (TPSA) is 63.6 Å². The second-order valence-corrected chi connectivity index (χ2v) is 7.56. The lowest BCUT2D eigenvalue weighted by molar-refractivity contribution is 0.0770. The van der Waals surface area contributed by atoms with Gasteiger partial charge in [0.2, 0.25) is 0 Å². The van der Waals surface area contributed by atoms with Gasteiger partial charge in [-0.15, -0.1) is 0 Å². The van der Waals surface area contributed by atoms with Crippen LogP contribution < -0.4 is 0 Å². The standard InChI is InChI=1S/C17H28O4S/c1-4-5-6-7-8-17(18)15(3)13-21-22(19,20)16-11-9-14(2)10-12-16/h9-12,15,17-18H,4-8,13H2,1-3H3/t15-,17-/m1/s1. The number of benzene rings is 1. The van der Waals surface area contributed by atoms with Crippen LogP contribution in [-0.4, -0.2) is 26.2 Å². The molecule has 0 aromatic heterocycles. The highest BCUT2D eigenvalue weighted by Gasteiger charge is 2.20. The Morgan fingerprint density at radius 3 is 2.36 bits per heavy atom. The average Bonchev–Trinajstić information content (AvgIpc) is 2.49. The molecule has 0 amide bonds. The highest BCUT2D eigenvalue weighted by molar-refractivity contribution is 7.86. The van der Waals surface area contributed by atoms with Gasteiger partial charge in [-0.1, -0.05) is 57.2 Å². The maximum atomic E-state index is 12.1. The molecule has 0 aliphatic heterocycles. The van der Waals surface area contributed by atoms with Gasteiger partial charge >= 0.3 is 0 Å². The predicted molar refractivity (Wildman–Crippen MR) is 88.2 cm³/mol. The normalized spacial score (nSPS) is 14.7. The zero-order valence-corrected chi connectivity index (χ0v) is 14.6. The molecule has 4 nitrogen and oxygen atoms in total. The average molecular weight is 328 g/mol. The summed E-state index contributed by atoms with van der Waals surface area (Å²) in [4.78, 5) is 0.155. The zero-order valence-electron chi connectivity index (χ0n) is 13.8. The quantitative estimate of drug-likeness (QED) is 0.526. The van der Waals surface area contributed by atoms with Gasteiger partial charge in [0, 0.05) is 5.92 Å². The fraction of sp³-hybridized carbons (Fsp3) is 0.647. The molecule has 0 aliphatic carbocycles. The maximum Gasteiger partial charge on any atom is 0.296 e. The highest BCUT2D eigenvalue weighted by atomic mass is 32.2. The molecule has 0 unspecified atom stereocenters. The van der Waals surface area contributed by atoms with Crippen LogP contribution in [0.3, 0.4) is 0 Å². The Bertz CT molecular complexity index is 522. The Kier molecular flexibility index (Phi) is 8.07. The van der Waals surface area contributed by atoms with E-state index in [1.165, 1.54) is 18.6 Å². The van der Waals surface area contributed by atoms with Crippen LogP contribution in [0, 0.1) is 12.8 Å². The van der Waals surface area contributed by atoms with E-state index in [9.17, 15) is 13.5 Å². The molecule has 0 saturated heterocycles. The van der Waals surface area contributed by atoms with E-state index < -0.39 is 16.2 Å². The van der Waals surface area contributed by atoms with Crippen LogP contribution in [0.2, 0.25) is 0 Å². The van der Waals surface area contributed by atoms with Crippen molar-refractivity contribution in [3.63, 3.8) is 0 Å². The van der Waals surface area contributed by atoms with Crippen LogP contribution in [0.25, 0.3) is 0 Å². The van der Waals surface area contributed by atoms with Gasteiger partial charge in [-0.05, 0) is 25.5 Å². The number of rotatable bonds is 10. The summed E-state index contributed by atoms with van der Waals surface area (Å²) in [6.07, 6.45) is 4.55. The molecule has 1 N–H and O–H groups in total. The summed E-state index contributed by atoms with van der Waals surface area (Å²) in [7, 11) is -3.75. The Morgan fingerprint density at radius 1 is 1.14 bits per heavy atom. The van der Waals surface area contributed by atoms with Gasteiger partial charge in [0.25, 0.3) is 10.1 Å². The fourth-order valence-electron chi connectivity index (χ4n) is 2.15. The summed E-state index contributed by atoms with van der Waals surface area (Å²) >= 11 is 0. The molecule has 0 bridgehead atoms. The molecule has 126 valence electrons. The molecular weight excluding hydrogens is 300 g/mol. The van der Waals surface area contributed by atoms with Gasteiger partial charge in [-0.2, -0.15) is 8.42 Å². The van der Waals surface area contributed by atoms with Crippen LogP contribution in [-0.2, 0) is 14.3 Å². The molecule has 0 aliphatic rings. The monoisotopic (exact) mass is 328 g/mol. The second-order valence-electron chi connectivity index (χ2n) is 5.95. The van der Waals surface area contributed by atoms with Crippen LogP contribution in [0.1, 0.15) is 51.5 Å².